The van der Waals surface area contributed by atoms with Gasteiger partial charge in [-0.3, -0.25) is 14.4 Å². The number of nitrogens with one attached hydrogen (secondary N) is 3. The lowest BCUT2D eigenvalue weighted by Crippen LogP contribution is -2.30. The molecular weight excluding hydrogens is 530 g/mol. The van der Waals surface area contributed by atoms with Crippen LogP contribution in [0.15, 0.2) is 108 Å². The number of rotatable bonds is 10. The molecule has 6 nitrogen and oxygen atoms in total. The van der Waals surface area contributed by atoms with E-state index in [1.54, 1.807) is 42.5 Å². The topological polar surface area (TPSA) is 87.3 Å². The van der Waals surface area contributed by atoms with E-state index < -0.39 is 5.91 Å². The first kappa shape index (κ1) is 29.4. The van der Waals surface area contributed by atoms with Crippen molar-refractivity contribution in [1.29, 1.82) is 0 Å². The molecule has 0 bridgehead atoms. The molecule has 0 saturated carbocycles. The third-order valence-electron chi connectivity index (χ3n) is 6.40. The third kappa shape index (κ3) is 8.43. The van der Waals surface area contributed by atoms with E-state index in [1.165, 1.54) is 11.8 Å². The van der Waals surface area contributed by atoms with Gasteiger partial charge < -0.3 is 16.0 Å². The number of anilines is 2. The lowest BCUT2D eigenvalue weighted by molar-refractivity contribution is -0.114. The van der Waals surface area contributed by atoms with Gasteiger partial charge in [-0.2, -0.15) is 0 Å². The molecular formula is C34H33N3O3S. The van der Waals surface area contributed by atoms with Crippen LogP contribution in [0.3, 0.4) is 0 Å². The van der Waals surface area contributed by atoms with Crippen LogP contribution in [0, 0.1) is 13.8 Å². The molecule has 208 valence electrons. The van der Waals surface area contributed by atoms with Crippen LogP contribution in [0.5, 0.6) is 0 Å². The summed E-state index contributed by atoms with van der Waals surface area (Å²) >= 11 is 1.42. The molecule has 0 aliphatic carbocycles. The van der Waals surface area contributed by atoms with Crippen LogP contribution in [0.25, 0.3) is 6.08 Å². The predicted molar refractivity (Wildman–Crippen MR) is 168 cm³/mol. The Hall–Kier alpha value is -4.62. The van der Waals surface area contributed by atoms with Crippen molar-refractivity contribution in [2.45, 2.75) is 32.1 Å². The molecule has 0 heterocycles. The summed E-state index contributed by atoms with van der Waals surface area (Å²) in [4.78, 5) is 39.6. The molecule has 7 heteroatoms. The largest absolute Gasteiger partial charge is 0.325 e. The van der Waals surface area contributed by atoms with Gasteiger partial charge in [0.1, 0.15) is 5.70 Å². The quantitative estimate of drug-likeness (QED) is 0.143. The third-order valence-corrected chi connectivity index (χ3v) is 7.42. The Morgan fingerprint density at radius 1 is 0.780 bits per heavy atom. The Labute approximate surface area is 245 Å². The summed E-state index contributed by atoms with van der Waals surface area (Å²) in [6.45, 7) is 6.04. The van der Waals surface area contributed by atoms with E-state index >= 15 is 0 Å². The monoisotopic (exact) mass is 563 g/mol. The Kier molecular flexibility index (Phi) is 10.1. The van der Waals surface area contributed by atoms with Crippen LogP contribution in [0.1, 0.15) is 39.5 Å². The molecule has 4 rings (SSSR count). The van der Waals surface area contributed by atoms with Crippen molar-refractivity contribution >= 4 is 46.9 Å². The highest BCUT2D eigenvalue weighted by Crippen LogP contribution is 2.24. The molecule has 0 radical (unpaired) electrons. The van der Waals surface area contributed by atoms with Gasteiger partial charge in [0.15, 0.2) is 0 Å². The number of aryl methyl sites for hydroxylation is 3. The number of carbonyl (C=O) groups excluding carboxylic acids is 3. The molecule has 41 heavy (non-hydrogen) atoms. The van der Waals surface area contributed by atoms with E-state index in [1.807, 2.05) is 74.5 Å². The average Bonchev–Trinajstić information content (AvgIpc) is 2.99. The van der Waals surface area contributed by atoms with Gasteiger partial charge >= 0.3 is 0 Å². The highest BCUT2D eigenvalue weighted by Gasteiger charge is 2.15. The van der Waals surface area contributed by atoms with Crippen LogP contribution in [0.4, 0.5) is 11.4 Å². The van der Waals surface area contributed by atoms with Crippen molar-refractivity contribution in [2.24, 2.45) is 0 Å². The van der Waals surface area contributed by atoms with Crippen molar-refractivity contribution in [3.05, 3.63) is 131 Å². The Balaban J connectivity index is 1.40. The molecule has 0 aromatic heterocycles. The van der Waals surface area contributed by atoms with Gasteiger partial charge in [0.05, 0.1) is 5.75 Å². The first-order chi connectivity index (χ1) is 19.8. The highest BCUT2D eigenvalue weighted by atomic mass is 32.2. The van der Waals surface area contributed by atoms with E-state index in [0.717, 1.165) is 39.3 Å². The van der Waals surface area contributed by atoms with Crippen LogP contribution in [-0.2, 0) is 16.0 Å². The number of amides is 3. The average molecular weight is 564 g/mol. The maximum absolute atomic E-state index is 13.3. The van der Waals surface area contributed by atoms with Crippen molar-refractivity contribution in [1.82, 2.24) is 5.32 Å². The van der Waals surface area contributed by atoms with E-state index in [2.05, 4.69) is 22.9 Å². The fourth-order valence-electron chi connectivity index (χ4n) is 4.13. The Morgan fingerprint density at radius 3 is 2.17 bits per heavy atom. The normalized spacial score (nSPS) is 11.0. The molecule has 3 N–H and O–H groups in total. The van der Waals surface area contributed by atoms with E-state index in [0.29, 0.717) is 11.3 Å². The second-order valence-electron chi connectivity index (χ2n) is 9.57. The minimum Gasteiger partial charge on any atom is -0.325 e. The van der Waals surface area contributed by atoms with Crippen molar-refractivity contribution in [2.75, 3.05) is 16.4 Å². The zero-order chi connectivity index (χ0) is 29.2. The van der Waals surface area contributed by atoms with Crippen LogP contribution in [-0.4, -0.2) is 23.5 Å². The van der Waals surface area contributed by atoms with E-state index in [-0.39, 0.29) is 23.3 Å². The minimum absolute atomic E-state index is 0.0728. The van der Waals surface area contributed by atoms with Gasteiger partial charge in [-0.1, -0.05) is 73.2 Å². The number of thioether (sulfide) groups is 1. The maximum Gasteiger partial charge on any atom is 0.272 e. The lowest BCUT2D eigenvalue weighted by atomic mass is 10.1. The summed E-state index contributed by atoms with van der Waals surface area (Å²) in [7, 11) is 0. The smallest absolute Gasteiger partial charge is 0.272 e. The first-order valence-electron chi connectivity index (χ1n) is 13.4. The summed E-state index contributed by atoms with van der Waals surface area (Å²) < 4.78 is 0. The van der Waals surface area contributed by atoms with Crippen molar-refractivity contribution in [3.8, 4) is 0 Å². The Morgan fingerprint density at radius 2 is 1.49 bits per heavy atom. The zero-order valence-electron chi connectivity index (χ0n) is 23.4. The highest BCUT2D eigenvalue weighted by molar-refractivity contribution is 8.00. The number of benzene rings is 4. The number of hydrogen-bond donors (Lipinski definition) is 3. The standard InChI is InChI=1S/C34H33N3O3S/c1-4-26-12-8-9-24(3)32(26)37-31(38)22-41-29-19-17-28(18-20-29)35-34(40)30(21-25-15-13-23(2)14-16-25)36-33(39)27-10-6-5-7-11-27/h5-21H,4,22H2,1-3H3,(H,35,40)(H,36,39)(H,37,38)/b30-21-. The maximum atomic E-state index is 13.3. The van der Waals surface area contributed by atoms with Gasteiger partial charge in [-0.05, 0) is 79.4 Å². The summed E-state index contributed by atoms with van der Waals surface area (Å²) in [5.74, 6) is -0.630. The Bertz CT molecular complexity index is 1550. The molecule has 3 amide bonds. The van der Waals surface area contributed by atoms with Crippen LogP contribution in [0.2, 0.25) is 0 Å². The molecule has 0 aliphatic rings. The first-order valence-corrected chi connectivity index (χ1v) is 14.4. The van der Waals surface area contributed by atoms with E-state index in [9.17, 15) is 14.4 Å². The molecule has 0 unspecified atom stereocenters. The predicted octanol–water partition coefficient (Wildman–Crippen LogP) is 7.01. The van der Waals surface area contributed by atoms with E-state index in [4.69, 9.17) is 0 Å². The van der Waals surface area contributed by atoms with Gasteiger partial charge in [-0.25, -0.2) is 0 Å². The number of carbonyl (C=O) groups is 3. The molecule has 0 aliphatic heterocycles. The lowest BCUT2D eigenvalue weighted by Gasteiger charge is -2.13. The molecule has 0 atom stereocenters. The molecule has 0 spiro atoms. The second-order valence-corrected chi connectivity index (χ2v) is 10.6. The van der Waals surface area contributed by atoms with Gasteiger partial charge in [0.2, 0.25) is 5.91 Å². The molecule has 0 fully saturated rings. The van der Waals surface area contributed by atoms with Crippen LogP contribution < -0.4 is 16.0 Å². The minimum atomic E-state index is -0.445. The molecule has 0 saturated heterocycles. The summed E-state index contributed by atoms with van der Waals surface area (Å²) in [5.41, 5.74) is 6.06. The molecule has 4 aromatic carbocycles. The van der Waals surface area contributed by atoms with Gasteiger partial charge in [-0.15, -0.1) is 11.8 Å². The van der Waals surface area contributed by atoms with Crippen molar-refractivity contribution < 1.29 is 14.4 Å². The SMILES string of the molecule is CCc1cccc(C)c1NC(=O)CSc1ccc(NC(=O)/C(=C/c2ccc(C)cc2)NC(=O)c2ccccc2)cc1. The van der Waals surface area contributed by atoms with Crippen LogP contribution >= 0.6 is 11.8 Å². The summed E-state index contributed by atoms with van der Waals surface area (Å²) in [6.07, 6.45) is 2.49. The second kappa shape index (κ2) is 14.1. The molecule has 4 aromatic rings. The van der Waals surface area contributed by atoms with Crippen molar-refractivity contribution in [3.63, 3.8) is 0 Å². The van der Waals surface area contributed by atoms with Gasteiger partial charge in [0.25, 0.3) is 11.8 Å². The zero-order valence-corrected chi connectivity index (χ0v) is 24.2. The van der Waals surface area contributed by atoms with Gasteiger partial charge in [0, 0.05) is 21.8 Å². The summed E-state index contributed by atoms with van der Waals surface area (Å²) in [6, 6.07) is 29.7. The fourth-order valence-corrected chi connectivity index (χ4v) is 4.83. The fraction of sp³-hybridized carbons (Fsp3) is 0.147. The summed E-state index contributed by atoms with van der Waals surface area (Å²) in [5, 5.41) is 8.66. The number of hydrogen-bond acceptors (Lipinski definition) is 4. The number of para-hydroxylation sites is 1.